The first kappa shape index (κ1) is 19.1. The van der Waals surface area contributed by atoms with Gasteiger partial charge in [0, 0.05) is 17.6 Å². The summed E-state index contributed by atoms with van der Waals surface area (Å²) < 4.78 is 0. The number of nitrogens with one attached hydrogen (secondary N) is 2. The van der Waals surface area contributed by atoms with Crippen molar-refractivity contribution >= 4 is 12.0 Å². The fraction of sp³-hybridized carbons (Fsp3) is 0.591. The second-order valence-corrected chi connectivity index (χ2v) is 8.04. The highest BCUT2D eigenvalue weighted by Gasteiger charge is 2.34. The summed E-state index contributed by atoms with van der Waals surface area (Å²) in [5.41, 5.74) is 3.55. The summed E-state index contributed by atoms with van der Waals surface area (Å²) in [5.74, 6) is 0.0397. The van der Waals surface area contributed by atoms with Crippen molar-refractivity contribution in [1.82, 2.24) is 15.5 Å². The molecule has 26 heavy (non-hydrogen) atoms. The Kier molecular flexibility index (Phi) is 6.49. The fourth-order valence-electron chi connectivity index (χ4n) is 4.20. The van der Waals surface area contributed by atoms with Crippen LogP contribution in [0.15, 0.2) is 29.8 Å². The van der Waals surface area contributed by atoms with Crippen molar-refractivity contribution in [2.75, 3.05) is 33.7 Å². The highest BCUT2D eigenvalue weighted by molar-refractivity contribution is 5.94. The Balaban J connectivity index is 1.59. The number of hydrogen-bond acceptors (Lipinski definition) is 3. The normalized spacial score (nSPS) is 20.0. The van der Waals surface area contributed by atoms with E-state index in [1.807, 2.05) is 12.1 Å². The third-order valence-electron chi connectivity index (χ3n) is 6.10. The summed E-state index contributed by atoms with van der Waals surface area (Å²) in [5, 5.41) is 6.57. The van der Waals surface area contributed by atoms with Crippen LogP contribution in [0.5, 0.6) is 0 Å². The third-order valence-corrected chi connectivity index (χ3v) is 6.10. The van der Waals surface area contributed by atoms with Crippen LogP contribution in [-0.2, 0) is 0 Å². The predicted molar refractivity (Wildman–Crippen MR) is 108 cm³/mol. The minimum Gasteiger partial charge on any atom is -0.350 e. The van der Waals surface area contributed by atoms with Gasteiger partial charge in [0.2, 0.25) is 0 Å². The Morgan fingerprint density at radius 2 is 1.77 bits per heavy atom. The van der Waals surface area contributed by atoms with E-state index < -0.39 is 0 Å². The van der Waals surface area contributed by atoms with Gasteiger partial charge < -0.3 is 15.5 Å². The van der Waals surface area contributed by atoms with E-state index in [9.17, 15) is 4.79 Å². The van der Waals surface area contributed by atoms with Crippen LogP contribution in [0, 0.1) is 0 Å². The number of rotatable bonds is 5. The summed E-state index contributed by atoms with van der Waals surface area (Å²) in [7, 11) is 4.28. The van der Waals surface area contributed by atoms with Crippen LogP contribution in [0.3, 0.4) is 0 Å². The molecule has 1 aliphatic carbocycles. The van der Waals surface area contributed by atoms with Gasteiger partial charge in [0.25, 0.3) is 5.91 Å². The number of piperidine rings is 1. The maximum Gasteiger partial charge on any atom is 0.251 e. The number of benzene rings is 1. The maximum atomic E-state index is 12.6. The molecular weight excluding hydrogens is 322 g/mol. The molecule has 0 radical (unpaired) electrons. The zero-order valence-corrected chi connectivity index (χ0v) is 16.3. The summed E-state index contributed by atoms with van der Waals surface area (Å²) in [6.07, 6.45) is 10.7. The number of carbonyl (C=O) groups excluding carboxylic acids is 1. The van der Waals surface area contributed by atoms with Gasteiger partial charge in [0.15, 0.2) is 0 Å². The summed E-state index contributed by atoms with van der Waals surface area (Å²) in [4.78, 5) is 14.9. The first-order valence-electron chi connectivity index (χ1n) is 10.0. The molecule has 1 saturated carbocycles. The van der Waals surface area contributed by atoms with Crippen molar-refractivity contribution in [2.24, 2.45) is 0 Å². The minimum absolute atomic E-state index is 0.0397. The quantitative estimate of drug-likeness (QED) is 0.850. The van der Waals surface area contributed by atoms with Gasteiger partial charge in [-0.15, -0.1) is 0 Å². The lowest BCUT2D eigenvalue weighted by Crippen LogP contribution is -2.53. The van der Waals surface area contributed by atoms with E-state index in [1.54, 1.807) is 0 Å². The predicted octanol–water partition coefficient (Wildman–Crippen LogP) is 3.45. The van der Waals surface area contributed by atoms with Crippen molar-refractivity contribution in [3.8, 4) is 0 Å². The first-order valence-corrected chi connectivity index (χ1v) is 10.0. The zero-order chi connectivity index (χ0) is 18.4. The highest BCUT2D eigenvalue weighted by atomic mass is 16.1. The molecule has 4 nitrogen and oxygen atoms in total. The topological polar surface area (TPSA) is 44.4 Å². The van der Waals surface area contributed by atoms with Crippen LogP contribution < -0.4 is 10.6 Å². The molecule has 2 N–H and O–H groups in total. The molecule has 0 unspecified atom stereocenters. The van der Waals surface area contributed by atoms with Crippen molar-refractivity contribution in [3.05, 3.63) is 41.0 Å². The first-order chi connectivity index (χ1) is 12.6. The van der Waals surface area contributed by atoms with E-state index in [4.69, 9.17) is 0 Å². The molecule has 0 atom stereocenters. The van der Waals surface area contributed by atoms with E-state index >= 15 is 0 Å². The lowest BCUT2D eigenvalue weighted by Gasteiger charge is -2.43. The summed E-state index contributed by atoms with van der Waals surface area (Å²) in [6, 6.07) is 8.02. The largest absolute Gasteiger partial charge is 0.350 e. The molecule has 0 bridgehead atoms. The van der Waals surface area contributed by atoms with Crippen molar-refractivity contribution < 1.29 is 4.79 Å². The molecule has 1 aromatic rings. The van der Waals surface area contributed by atoms with Gasteiger partial charge in [-0.2, -0.15) is 0 Å². The van der Waals surface area contributed by atoms with Crippen LogP contribution in [0.1, 0.15) is 60.9 Å². The highest BCUT2D eigenvalue weighted by Crippen LogP contribution is 2.31. The monoisotopic (exact) mass is 355 g/mol. The average molecular weight is 356 g/mol. The smallest absolute Gasteiger partial charge is 0.251 e. The molecule has 1 aliphatic heterocycles. The zero-order valence-electron chi connectivity index (χ0n) is 16.3. The number of carbonyl (C=O) groups is 1. The average Bonchev–Trinajstić information content (AvgIpc) is 2.68. The van der Waals surface area contributed by atoms with Gasteiger partial charge in [-0.05, 0) is 70.6 Å². The number of likely N-dealkylation sites (N-methyl/N-ethyl adjacent to an activating group) is 1. The SMILES string of the molecule is CN(C)C1(CNC(=O)c2ccc(C=C3CCNCC3)cc2)CCCCC1. The number of nitrogens with zero attached hydrogens (tertiary/aromatic N) is 1. The molecule has 2 aliphatic rings. The Hall–Kier alpha value is -1.65. The van der Waals surface area contributed by atoms with Gasteiger partial charge in [-0.3, -0.25) is 4.79 Å². The molecule has 1 amide bonds. The van der Waals surface area contributed by atoms with Gasteiger partial charge >= 0.3 is 0 Å². The van der Waals surface area contributed by atoms with E-state index in [-0.39, 0.29) is 11.4 Å². The lowest BCUT2D eigenvalue weighted by atomic mass is 9.80. The molecule has 1 aromatic carbocycles. The van der Waals surface area contributed by atoms with E-state index in [0.717, 1.165) is 38.0 Å². The molecule has 2 fully saturated rings. The molecule has 0 spiro atoms. The van der Waals surface area contributed by atoms with Gasteiger partial charge in [-0.25, -0.2) is 0 Å². The molecule has 142 valence electrons. The molecule has 4 heteroatoms. The van der Waals surface area contributed by atoms with Crippen LogP contribution in [-0.4, -0.2) is 50.1 Å². The van der Waals surface area contributed by atoms with E-state index in [1.165, 1.54) is 43.2 Å². The fourth-order valence-corrected chi connectivity index (χ4v) is 4.20. The molecular formula is C22H33N3O. The second kappa shape index (κ2) is 8.83. The Bertz CT molecular complexity index is 619. The van der Waals surface area contributed by atoms with Crippen molar-refractivity contribution in [2.45, 2.75) is 50.5 Å². The van der Waals surface area contributed by atoms with E-state index in [2.05, 4.69) is 47.8 Å². The van der Waals surface area contributed by atoms with Crippen LogP contribution in [0.2, 0.25) is 0 Å². The van der Waals surface area contributed by atoms with Gasteiger partial charge in [-0.1, -0.05) is 43.0 Å². The minimum atomic E-state index is 0.0397. The van der Waals surface area contributed by atoms with Gasteiger partial charge in [0.1, 0.15) is 0 Å². The molecule has 3 rings (SSSR count). The molecule has 0 aromatic heterocycles. The van der Waals surface area contributed by atoms with E-state index in [0.29, 0.717) is 0 Å². The summed E-state index contributed by atoms with van der Waals surface area (Å²) in [6.45, 7) is 2.87. The van der Waals surface area contributed by atoms with Crippen molar-refractivity contribution in [3.63, 3.8) is 0 Å². The maximum absolute atomic E-state index is 12.6. The van der Waals surface area contributed by atoms with Crippen LogP contribution >= 0.6 is 0 Å². The van der Waals surface area contributed by atoms with Crippen LogP contribution in [0.4, 0.5) is 0 Å². The summed E-state index contributed by atoms with van der Waals surface area (Å²) >= 11 is 0. The van der Waals surface area contributed by atoms with Crippen LogP contribution in [0.25, 0.3) is 6.08 Å². The standard InChI is InChI=1S/C22H33N3O/c1-25(2)22(12-4-3-5-13-22)17-24-21(26)20-8-6-18(7-9-20)16-19-10-14-23-15-11-19/h6-9,16,23H,3-5,10-15,17H2,1-2H3,(H,24,26). The number of hydrogen-bond donors (Lipinski definition) is 2. The molecule has 1 saturated heterocycles. The molecule has 1 heterocycles. The van der Waals surface area contributed by atoms with Crippen molar-refractivity contribution in [1.29, 1.82) is 0 Å². The Labute approximate surface area is 158 Å². The lowest BCUT2D eigenvalue weighted by molar-refractivity contribution is 0.0799. The Morgan fingerprint density at radius 1 is 1.12 bits per heavy atom. The number of amides is 1. The van der Waals surface area contributed by atoms with Gasteiger partial charge in [0.05, 0.1) is 0 Å². The second-order valence-electron chi connectivity index (χ2n) is 8.04. The third kappa shape index (κ3) is 4.74. The Morgan fingerprint density at radius 3 is 2.38 bits per heavy atom.